The molecule has 0 N–H and O–H groups in total. The summed E-state index contributed by atoms with van der Waals surface area (Å²) in [6.07, 6.45) is 3.11. The summed E-state index contributed by atoms with van der Waals surface area (Å²) in [7, 11) is 1.60. The summed E-state index contributed by atoms with van der Waals surface area (Å²) >= 11 is 0. The summed E-state index contributed by atoms with van der Waals surface area (Å²) in [5.74, 6) is 0.618. The molecule has 0 aromatic carbocycles. The molecule has 0 amide bonds. The van der Waals surface area contributed by atoms with E-state index < -0.39 is 0 Å². The molecule has 3 heteroatoms. The molecule has 0 aliphatic rings. The van der Waals surface area contributed by atoms with E-state index in [9.17, 15) is 0 Å². The molecule has 8 heavy (non-hydrogen) atoms. The Balaban J connectivity index is 2.50. The zero-order valence-electron chi connectivity index (χ0n) is 4.63. The lowest BCUT2D eigenvalue weighted by atomic mass is 10.7. The third-order valence-corrected chi connectivity index (χ3v) is 0.751. The largest absolute Gasteiger partial charge is 0.446 e. The maximum Gasteiger partial charge on any atom is 0.219 e. The van der Waals surface area contributed by atoms with Crippen molar-refractivity contribution >= 4 is 0 Å². The third-order valence-electron chi connectivity index (χ3n) is 0.751. The highest BCUT2D eigenvalue weighted by Crippen LogP contribution is 1.93. The SMILES string of the molecule is COCc1ncco1. The van der Waals surface area contributed by atoms with Crippen molar-refractivity contribution in [2.45, 2.75) is 6.61 Å². The highest BCUT2D eigenvalue weighted by Gasteiger charge is 1.91. The number of oxazole rings is 1. The molecule has 1 rings (SSSR count). The number of nitrogens with zero attached hydrogens (tertiary/aromatic N) is 1. The molecule has 0 unspecified atom stereocenters. The van der Waals surface area contributed by atoms with Crippen LogP contribution in [0.1, 0.15) is 5.89 Å². The monoisotopic (exact) mass is 113 g/mol. The first-order valence-electron chi connectivity index (χ1n) is 2.31. The Bertz CT molecular complexity index is 136. The summed E-state index contributed by atoms with van der Waals surface area (Å²) in [5, 5.41) is 0. The van der Waals surface area contributed by atoms with Gasteiger partial charge >= 0.3 is 0 Å². The molecule has 1 aromatic rings. The molecule has 0 atom stereocenters. The van der Waals surface area contributed by atoms with E-state index in [1.54, 1.807) is 13.3 Å². The number of ether oxygens (including phenoxy) is 1. The van der Waals surface area contributed by atoms with Gasteiger partial charge in [-0.3, -0.25) is 0 Å². The van der Waals surface area contributed by atoms with Gasteiger partial charge in [0.25, 0.3) is 0 Å². The predicted molar refractivity (Wildman–Crippen MR) is 27.2 cm³/mol. The second-order valence-corrected chi connectivity index (χ2v) is 1.36. The van der Waals surface area contributed by atoms with Crippen LogP contribution >= 0.6 is 0 Å². The van der Waals surface area contributed by atoms with Crippen molar-refractivity contribution in [3.8, 4) is 0 Å². The summed E-state index contributed by atoms with van der Waals surface area (Å²) in [6.45, 7) is 0.451. The minimum Gasteiger partial charge on any atom is -0.446 e. The maximum atomic E-state index is 4.84. The first-order chi connectivity index (χ1) is 3.93. The van der Waals surface area contributed by atoms with Gasteiger partial charge in [0, 0.05) is 7.11 Å². The second kappa shape index (κ2) is 2.47. The quantitative estimate of drug-likeness (QED) is 0.569. The third kappa shape index (κ3) is 1.07. The average Bonchev–Trinajstić information content (AvgIpc) is 2.19. The maximum absolute atomic E-state index is 4.84. The summed E-state index contributed by atoms with van der Waals surface area (Å²) in [5.41, 5.74) is 0. The van der Waals surface area contributed by atoms with E-state index in [0.29, 0.717) is 12.5 Å². The van der Waals surface area contributed by atoms with E-state index in [1.807, 2.05) is 0 Å². The molecular weight excluding hydrogens is 106 g/mol. The molecule has 0 aliphatic carbocycles. The van der Waals surface area contributed by atoms with Crippen LogP contribution in [0.5, 0.6) is 0 Å². The lowest BCUT2D eigenvalue weighted by molar-refractivity contribution is 0.159. The standard InChI is InChI=1S/C5H7NO2/c1-7-4-5-6-2-3-8-5/h2-3H,4H2,1H3. The first-order valence-corrected chi connectivity index (χ1v) is 2.31. The van der Waals surface area contributed by atoms with Crippen molar-refractivity contribution < 1.29 is 9.15 Å². The van der Waals surface area contributed by atoms with Crippen LogP contribution in [0.4, 0.5) is 0 Å². The van der Waals surface area contributed by atoms with Gasteiger partial charge in [-0.15, -0.1) is 0 Å². The Kier molecular flexibility index (Phi) is 1.64. The fourth-order valence-electron chi connectivity index (χ4n) is 0.448. The minimum absolute atomic E-state index is 0.451. The van der Waals surface area contributed by atoms with Gasteiger partial charge in [-0.1, -0.05) is 0 Å². The van der Waals surface area contributed by atoms with Crippen molar-refractivity contribution in [3.05, 3.63) is 18.4 Å². The average molecular weight is 113 g/mol. The summed E-state index contributed by atoms with van der Waals surface area (Å²) in [4.78, 5) is 3.81. The topological polar surface area (TPSA) is 35.3 Å². The predicted octanol–water partition coefficient (Wildman–Crippen LogP) is 0.821. The Labute approximate surface area is 47.3 Å². The molecule has 1 heterocycles. The molecule has 0 aliphatic heterocycles. The highest BCUT2D eigenvalue weighted by molar-refractivity contribution is 4.75. The van der Waals surface area contributed by atoms with Crippen LogP contribution in [0.25, 0.3) is 0 Å². The number of aromatic nitrogens is 1. The van der Waals surface area contributed by atoms with Crippen LogP contribution in [-0.4, -0.2) is 12.1 Å². The molecular formula is C5H7NO2. The number of hydrogen-bond acceptors (Lipinski definition) is 3. The van der Waals surface area contributed by atoms with Gasteiger partial charge in [-0.05, 0) is 0 Å². The van der Waals surface area contributed by atoms with Crippen molar-refractivity contribution in [1.29, 1.82) is 0 Å². The van der Waals surface area contributed by atoms with Crippen LogP contribution in [0.3, 0.4) is 0 Å². The van der Waals surface area contributed by atoms with Crippen LogP contribution in [-0.2, 0) is 11.3 Å². The molecule has 0 saturated heterocycles. The first kappa shape index (κ1) is 5.31. The molecule has 0 bridgehead atoms. The Morgan fingerprint density at radius 3 is 3.25 bits per heavy atom. The molecule has 0 fully saturated rings. The van der Waals surface area contributed by atoms with Crippen LogP contribution < -0.4 is 0 Å². The van der Waals surface area contributed by atoms with E-state index in [-0.39, 0.29) is 0 Å². The van der Waals surface area contributed by atoms with Gasteiger partial charge in [-0.2, -0.15) is 0 Å². The van der Waals surface area contributed by atoms with Gasteiger partial charge in [-0.25, -0.2) is 4.98 Å². The van der Waals surface area contributed by atoms with E-state index in [0.717, 1.165) is 0 Å². The molecule has 1 aromatic heterocycles. The fraction of sp³-hybridized carbons (Fsp3) is 0.400. The number of hydrogen-bond donors (Lipinski definition) is 0. The second-order valence-electron chi connectivity index (χ2n) is 1.36. The Hall–Kier alpha value is -0.830. The Morgan fingerprint density at radius 2 is 2.75 bits per heavy atom. The van der Waals surface area contributed by atoms with Gasteiger partial charge < -0.3 is 9.15 Å². The van der Waals surface area contributed by atoms with Crippen LogP contribution in [0.15, 0.2) is 16.9 Å². The minimum atomic E-state index is 0.451. The van der Waals surface area contributed by atoms with Crippen molar-refractivity contribution in [3.63, 3.8) is 0 Å². The van der Waals surface area contributed by atoms with E-state index in [1.165, 1.54) is 6.26 Å². The molecule has 0 saturated carbocycles. The van der Waals surface area contributed by atoms with E-state index in [2.05, 4.69) is 4.98 Å². The zero-order chi connectivity index (χ0) is 5.82. The molecule has 44 valence electrons. The lowest BCUT2D eigenvalue weighted by Crippen LogP contribution is -1.84. The smallest absolute Gasteiger partial charge is 0.219 e. The normalized spacial score (nSPS) is 9.62. The van der Waals surface area contributed by atoms with Crippen LogP contribution in [0, 0.1) is 0 Å². The number of rotatable bonds is 2. The van der Waals surface area contributed by atoms with Crippen molar-refractivity contribution in [2.24, 2.45) is 0 Å². The van der Waals surface area contributed by atoms with Gasteiger partial charge in [0.05, 0.1) is 6.20 Å². The summed E-state index contributed by atoms with van der Waals surface area (Å²) in [6, 6.07) is 0. The van der Waals surface area contributed by atoms with Crippen molar-refractivity contribution in [2.75, 3.05) is 7.11 Å². The molecule has 3 nitrogen and oxygen atoms in total. The number of methoxy groups -OCH3 is 1. The van der Waals surface area contributed by atoms with Crippen LogP contribution in [0.2, 0.25) is 0 Å². The molecule has 0 spiro atoms. The van der Waals surface area contributed by atoms with E-state index in [4.69, 9.17) is 9.15 Å². The van der Waals surface area contributed by atoms with Gasteiger partial charge in [0.2, 0.25) is 5.89 Å². The zero-order valence-corrected chi connectivity index (χ0v) is 4.63. The molecule has 0 radical (unpaired) electrons. The fourth-order valence-corrected chi connectivity index (χ4v) is 0.448. The van der Waals surface area contributed by atoms with Gasteiger partial charge in [0.1, 0.15) is 12.9 Å². The Morgan fingerprint density at radius 1 is 1.88 bits per heavy atom. The highest BCUT2D eigenvalue weighted by atomic mass is 16.5. The van der Waals surface area contributed by atoms with E-state index >= 15 is 0 Å². The van der Waals surface area contributed by atoms with Crippen molar-refractivity contribution in [1.82, 2.24) is 4.98 Å². The van der Waals surface area contributed by atoms with Gasteiger partial charge in [0.15, 0.2) is 0 Å². The summed E-state index contributed by atoms with van der Waals surface area (Å²) < 4.78 is 9.57. The lowest BCUT2D eigenvalue weighted by Gasteiger charge is -1.87.